The number of pyridine rings is 2. The molecule has 0 bridgehead atoms. The Bertz CT molecular complexity index is 1250. The van der Waals surface area contributed by atoms with Gasteiger partial charge in [0.25, 0.3) is 0 Å². The Kier molecular flexibility index (Phi) is 5.83. The molecule has 2 atom stereocenters. The Morgan fingerprint density at radius 1 is 0.969 bits per heavy atom. The van der Waals surface area contributed by atoms with E-state index in [1.807, 2.05) is 54.7 Å². The Labute approximate surface area is 201 Å². The molecule has 1 N–H and O–H groups in total. The molecule has 8 heteroatoms. The summed E-state index contributed by atoms with van der Waals surface area (Å²) < 4.78 is 2.09. The van der Waals surface area contributed by atoms with Crippen molar-refractivity contribution in [2.75, 3.05) is 0 Å². The lowest BCUT2D eigenvalue weighted by molar-refractivity contribution is 0.302. The summed E-state index contributed by atoms with van der Waals surface area (Å²) in [7, 11) is 0. The van der Waals surface area contributed by atoms with E-state index in [-0.39, 0.29) is 12.1 Å². The van der Waals surface area contributed by atoms with Crippen molar-refractivity contribution < 1.29 is 0 Å². The summed E-state index contributed by atoms with van der Waals surface area (Å²) in [6.45, 7) is 0.641. The van der Waals surface area contributed by atoms with Crippen molar-refractivity contribution in [1.82, 2.24) is 24.8 Å². The van der Waals surface area contributed by atoms with Gasteiger partial charge in [-0.1, -0.05) is 29.3 Å². The zero-order valence-electron chi connectivity index (χ0n) is 16.9. The second kappa shape index (κ2) is 8.90. The van der Waals surface area contributed by atoms with Gasteiger partial charge < -0.3 is 14.8 Å². The molecule has 160 valence electrons. The van der Waals surface area contributed by atoms with Crippen LogP contribution in [0, 0.1) is 0 Å². The zero-order chi connectivity index (χ0) is 22.1. The summed E-state index contributed by atoms with van der Waals surface area (Å²) in [6, 6.07) is 19.3. The molecule has 4 aromatic rings. The van der Waals surface area contributed by atoms with Crippen LogP contribution in [0.15, 0.2) is 85.5 Å². The fraction of sp³-hybridized carbons (Fsp3) is 0.125. The topological polar surface area (TPSA) is 46.0 Å². The molecule has 1 aliphatic rings. The summed E-state index contributed by atoms with van der Waals surface area (Å²) in [4.78, 5) is 10.9. The molecule has 1 fully saturated rings. The van der Waals surface area contributed by atoms with Crippen molar-refractivity contribution in [1.29, 1.82) is 0 Å². The second-order valence-electron chi connectivity index (χ2n) is 7.51. The van der Waals surface area contributed by atoms with Gasteiger partial charge in [-0.25, -0.2) is 0 Å². The van der Waals surface area contributed by atoms with Crippen LogP contribution in [-0.4, -0.2) is 24.5 Å². The summed E-state index contributed by atoms with van der Waals surface area (Å²) >= 11 is 18.5. The van der Waals surface area contributed by atoms with Gasteiger partial charge in [-0.2, -0.15) is 0 Å². The molecule has 0 spiro atoms. The van der Waals surface area contributed by atoms with Crippen molar-refractivity contribution in [3.8, 4) is 5.69 Å². The van der Waals surface area contributed by atoms with Gasteiger partial charge in [-0.15, -0.1) is 0 Å². The summed E-state index contributed by atoms with van der Waals surface area (Å²) in [6.07, 6.45) is 7.40. The van der Waals surface area contributed by atoms with Crippen molar-refractivity contribution in [2.45, 2.75) is 18.6 Å². The monoisotopic (exact) mass is 479 g/mol. The maximum absolute atomic E-state index is 6.57. The van der Waals surface area contributed by atoms with Crippen molar-refractivity contribution in [2.24, 2.45) is 0 Å². The lowest BCUT2D eigenvalue weighted by Gasteiger charge is -2.29. The highest BCUT2D eigenvalue weighted by Gasteiger charge is 2.41. The smallest absolute Gasteiger partial charge is 0.170 e. The molecule has 5 rings (SSSR count). The predicted octanol–water partition coefficient (Wildman–Crippen LogP) is 5.75. The minimum Gasteiger partial charge on any atom is -0.352 e. The number of nitrogens with one attached hydrogen (secondary N) is 1. The Balaban J connectivity index is 1.62. The maximum Gasteiger partial charge on any atom is 0.170 e. The first-order chi connectivity index (χ1) is 15.6. The highest BCUT2D eigenvalue weighted by atomic mass is 35.5. The highest BCUT2D eigenvalue weighted by molar-refractivity contribution is 7.80. The predicted molar refractivity (Wildman–Crippen MR) is 131 cm³/mol. The van der Waals surface area contributed by atoms with Crippen LogP contribution in [0.4, 0.5) is 0 Å². The first-order valence-corrected chi connectivity index (χ1v) is 11.3. The van der Waals surface area contributed by atoms with Crippen LogP contribution in [0.5, 0.6) is 0 Å². The van der Waals surface area contributed by atoms with E-state index in [0.717, 1.165) is 22.6 Å². The van der Waals surface area contributed by atoms with Crippen molar-refractivity contribution >= 4 is 40.5 Å². The third-order valence-corrected chi connectivity index (χ3v) is 6.44. The zero-order valence-corrected chi connectivity index (χ0v) is 19.2. The van der Waals surface area contributed by atoms with Gasteiger partial charge in [-0.3, -0.25) is 9.97 Å². The van der Waals surface area contributed by atoms with Crippen LogP contribution in [0.3, 0.4) is 0 Å². The molecule has 0 unspecified atom stereocenters. The van der Waals surface area contributed by atoms with Crippen molar-refractivity contribution in [3.63, 3.8) is 0 Å². The van der Waals surface area contributed by atoms with Gasteiger partial charge in [0, 0.05) is 42.0 Å². The molecule has 32 heavy (non-hydrogen) atoms. The maximum atomic E-state index is 6.57. The van der Waals surface area contributed by atoms with E-state index in [1.165, 1.54) is 0 Å². The standard InChI is InChI=1S/C24H19Cl2N5S/c25-17-6-7-20(18(26)14-17)30-13-3-5-21(30)23-22(19-4-1-2-10-28-19)29-24(32)31(23)15-16-8-11-27-12-9-16/h1-14,22-23H,15H2,(H,29,32)/t22-,23+/m1/s1. The second-order valence-corrected chi connectivity index (χ2v) is 8.74. The fourth-order valence-electron chi connectivity index (χ4n) is 4.11. The van der Waals surface area contributed by atoms with Gasteiger partial charge in [0.15, 0.2) is 5.11 Å². The largest absolute Gasteiger partial charge is 0.352 e. The molecule has 0 amide bonds. The van der Waals surface area contributed by atoms with Gasteiger partial charge >= 0.3 is 0 Å². The highest BCUT2D eigenvalue weighted by Crippen LogP contribution is 2.41. The van der Waals surface area contributed by atoms with Gasteiger partial charge in [-0.05, 0) is 72.4 Å². The quantitative estimate of drug-likeness (QED) is 0.369. The van der Waals surface area contributed by atoms with Gasteiger partial charge in [0.05, 0.1) is 28.5 Å². The molecule has 1 saturated heterocycles. The van der Waals surface area contributed by atoms with Crippen LogP contribution in [0.2, 0.25) is 10.0 Å². The van der Waals surface area contributed by atoms with Gasteiger partial charge in [0.2, 0.25) is 0 Å². The first-order valence-electron chi connectivity index (χ1n) is 10.1. The SMILES string of the molecule is S=C1N[C@H](c2ccccn2)[C@H](c2cccn2-c2ccc(Cl)cc2Cl)N1Cc1ccncc1. The summed E-state index contributed by atoms with van der Waals surface area (Å²) in [5, 5.41) is 5.35. The van der Waals surface area contributed by atoms with E-state index >= 15 is 0 Å². The normalized spacial score (nSPS) is 18.1. The molecular formula is C24H19Cl2N5S. The van der Waals surface area contributed by atoms with E-state index in [9.17, 15) is 0 Å². The van der Waals surface area contributed by atoms with Crippen LogP contribution in [0.25, 0.3) is 5.69 Å². The van der Waals surface area contributed by atoms with E-state index in [2.05, 4.69) is 30.8 Å². The van der Waals surface area contributed by atoms with E-state index < -0.39 is 0 Å². The molecule has 0 saturated carbocycles. The van der Waals surface area contributed by atoms with Crippen LogP contribution in [-0.2, 0) is 6.54 Å². The Hall–Kier alpha value is -2.93. The minimum atomic E-state index is -0.120. The molecule has 1 aliphatic heterocycles. The number of nitrogens with zero attached hydrogens (tertiary/aromatic N) is 4. The minimum absolute atomic E-state index is 0.104. The number of halogens is 2. The number of hydrogen-bond acceptors (Lipinski definition) is 3. The third kappa shape index (κ3) is 3.97. The average Bonchev–Trinajstić information content (AvgIpc) is 3.40. The fourth-order valence-corrected chi connectivity index (χ4v) is 4.92. The molecule has 4 heterocycles. The van der Waals surface area contributed by atoms with E-state index in [0.29, 0.717) is 21.7 Å². The van der Waals surface area contributed by atoms with Crippen molar-refractivity contribution in [3.05, 3.63) is 112 Å². The Morgan fingerprint density at radius 3 is 2.56 bits per heavy atom. The first kappa shape index (κ1) is 20.9. The van der Waals surface area contributed by atoms with Crippen LogP contribution < -0.4 is 5.32 Å². The lowest BCUT2D eigenvalue weighted by Crippen LogP contribution is -2.30. The molecular weight excluding hydrogens is 461 g/mol. The molecule has 3 aromatic heterocycles. The molecule has 1 aromatic carbocycles. The Morgan fingerprint density at radius 2 is 1.81 bits per heavy atom. The van der Waals surface area contributed by atoms with Crippen LogP contribution in [0.1, 0.15) is 29.0 Å². The number of hydrogen-bond donors (Lipinski definition) is 1. The third-order valence-electron chi connectivity index (χ3n) is 5.55. The van der Waals surface area contributed by atoms with Gasteiger partial charge in [0.1, 0.15) is 0 Å². The molecule has 0 radical (unpaired) electrons. The number of benzene rings is 1. The summed E-state index contributed by atoms with van der Waals surface area (Å²) in [5.74, 6) is 0. The lowest BCUT2D eigenvalue weighted by atomic mass is 10.0. The number of thiocarbonyl (C=S) groups is 1. The molecule has 0 aliphatic carbocycles. The number of aromatic nitrogens is 3. The van der Waals surface area contributed by atoms with Crippen LogP contribution >= 0.6 is 35.4 Å². The average molecular weight is 480 g/mol. The summed E-state index contributed by atoms with van der Waals surface area (Å²) in [5.41, 5.74) is 3.95. The van der Waals surface area contributed by atoms with E-state index in [4.69, 9.17) is 35.4 Å². The molecule has 5 nitrogen and oxygen atoms in total. The number of rotatable bonds is 5. The van der Waals surface area contributed by atoms with E-state index in [1.54, 1.807) is 24.7 Å².